The van der Waals surface area contributed by atoms with Crippen molar-refractivity contribution in [3.8, 4) is 5.75 Å². The summed E-state index contributed by atoms with van der Waals surface area (Å²) in [4.78, 5) is 0. The van der Waals surface area contributed by atoms with E-state index in [4.69, 9.17) is 4.74 Å². The van der Waals surface area contributed by atoms with Crippen LogP contribution in [0.15, 0.2) is 18.2 Å². The lowest BCUT2D eigenvalue weighted by atomic mass is 9.86. The standard InChI is InChI=1S/C17H27NO/c1-12-10-14(17(3,4)5)6-9-16(12)19-13(2)11-18-15-7-8-15/h6,9-10,13,15,18H,7-8,11H2,1-5H3. The van der Waals surface area contributed by atoms with Crippen LogP contribution in [0.4, 0.5) is 0 Å². The molecular formula is C17H27NO. The molecule has 1 fully saturated rings. The van der Waals surface area contributed by atoms with Gasteiger partial charge in [0.05, 0.1) is 0 Å². The summed E-state index contributed by atoms with van der Waals surface area (Å²) in [7, 11) is 0. The first-order valence-corrected chi connectivity index (χ1v) is 7.37. The number of benzene rings is 1. The first-order valence-electron chi connectivity index (χ1n) is 7.37. The second-order valence-electron chi connectivity index (χ2n) is 6.84. The van der Waals surface area contributed by atoms with Gasteiger partial charge in [-0.1, -0.05) is 32.9 Å². The smallest absolute Gasteiger partial charge is 0.122 e. The highest BCUT2D eigenvalue weighted by atomic mass is 16.5. The summed E-state index contributed by atoms with van der Waals surface area (Å²) >= 11 is 0. The molecule has 2 nitrogen and oxygen atoms in total. The van der Waals surface area contributed by atoms with Gasteiger partial charge in [0.2, 0.25) is 0 Å². The summed E-state index contributed by atoms with van der Waals surface area (Å²) < 4.78 is 6.03. The van der Waals surface area contributed by atoms with Crippen LogP contribution in [0.2, 0.25) is 0 Å². The average Bonchev–Trinajstić information content (AvgIpc) is 3.11. The normalized spacial score (nSPS) is 17.3. The van der Waals surface area contributed by atoms with Crippen molar-refractivity contribution < 1.29 is 4.74 Å². The Labute approximate surface area is 117 Å². The van der Waals surface area contributed by atoms with Crippen molar-refractivity contribution >= 4 is 0 Å². The van der Waals surface area contributed by atoms with Crippen molar-refractivity contribution in [1.82, 2.24) is 5.32 Å². The van der Waals surface area contributed by atoms with Crippen molar-refractivity contribution in [2.24, 2.45) is 0 Å². The molecule has 1 saturated carbocycles. The molecule has 106 valence electrons. The fraction of sp³-hybridized carbons (Fsp3) is 0.647. The van der Waals surface area contributed by atoms with Gasteiger partial charge in [-0.05, 0) is 49.3 Å². The summed E-state index contributed by atoms with van der Waals surface area (Å²) in [6.07, 6.45) is 2.87. The minimum absolute atomic E-state index is 0.197. The molecular weight excluding hydrogens is 234 g/mol. The number of ether oxygens (including phenoxy) is 1. The molecule has 1 aromatic rings. The van der Waals surface area contributed by atoms with E-state index in [1.807, 2.05) is 0 Å². The van der Waals surface area contributed by atoms with E-state index in [-0.39, 0.29) is 11.5 Å². The molecule has 0 heterocycles. The van der Waals surface area contributed by atoms with Gasteiger partial charge in [-0.2, -0.15) is 0 Å². The zero-order valence-electron chi connectivity index (χ0n) is 12.9. The number of hydrogen-bond donors (Lipinski definition) is 1. The van der Waals surface area contributed by atoms with Gasteiger partial charge in [-0.25, -0.2) is 0 Å². The lowest BCUT2D eigenvalue weighted by Gasteiger charge is -2.22. The van der Waals surface area contributed by atoms with Crippen LogP contribution in [0.3, 0.4) is 0 Å². The van der Waals surface area contributed by atoms with Crippen molar-refractivity contribution in [3.05, 3.63) is 29.3 Å². The summed E-state index contributed by atoms with van der Waals surface area (Å²) in [5, 5.41) is 3.51. The summed E-state index contributed by atoms with van der Waals surface area (Å²) in [5.41, 5.74) is 2.79. The maximum absolute atomic E-state index is 6.03. The minimum atomic E-state index is 0.197. The van der Waals surface area contributed by atoms with Gasteiger partial charge in [-0.3, -0.25) is 0 Å². The van der Waals surface area contributed by atoms with Gasteiger partial charge in [0.15, 0.2) is 0 Å². The Hall–Kier alpha value is -1.02. The fourth-order valence-corrected chi connectivity index (χ4v) is 2.13. The van der Waals surface area contributed by atoms with E-state index < -0.39 is 0 Å². The lowest BCUT2D eigenvalue weighted by Crippen LogP contribution is -2.30. The van der Waals surface area contributed by atoms with E-state index in [2.05, 4.69) is 58.1 Å². The van der Waals surface area contributed by atoms with Crippen LogP contribution in [0.1, 0.15) is 51.7 Å². The van der Waals surface area contributed by atoms with Crippen LogP contribution in [-0.4, -0.2) is 18.7 Å². The maximum Gasteiger partial charge on any atom is 0.122 e. The average molecular weight is 261 g/mol. The lowest BCUT2D eigenvalue weighted by molar-refractivity contribution is 0.215. The first-order chi connectivity index (χ1) is 8.86. The van der Waals surface area contributed by atoms with E-state index in [1.165, 1.54) is 24.0 Å². The third-order valence-electron chi connectivity index (χ3n) is 3.64. The van der Waals surface area contributed by atoms with Crippen LogP contribution >= 0.6 is 0 Å². The SMILES string of the molecule is Cc1cc(C(C)(C)C)ccc1OC(C)CNC1CC1. The molecule has 0 aromatic heterocycles. The topological polar surface area (TPSA) is 21.3 Å². The largest absolute Gasteiger partial charge is 0.489 e. The van der Waals surface area contributed by atoms with E-state index in [0.29, 0.717) is 0 Å². The molecule has 1 aliphatic rings. The van der Waals surface area contributed by atoms with E-state index in [1.54, 1.807) is 0 Å². The Morgan fingerprint density at radius 3 is 2.53 bits per heavy atom. The molecule has 0 radical (unpaired) electrons. The van der Waals surface area contributed by atoms with E-state index >= 15 is 0 Å². The van der Waals surface area contributed by atoms with Crippen molar-refractivity contribution in [2.75, 3.05) is 6.54 Å². The Kier molecular flexibility index (Phi) is 4.19. The second kappa shape index (κ2) is 5.54. The Morgan fingerprint density at radius 1 is 1.32 bits per heavy atom. The molecule has 1 atom stereocenters. The first kappa shape index (κ1) is 14.4. The van der Waals surface area contributed by atoms with Gasteiger partial charge < -0.3 is 10.1 Å². The van der Waals surface area contributed by atoms with Gasteiger partial charge in [0.25, 0.3) is 0 Å². The molecule has 0 spiro atoms. The van der Waals surface area contributed by atoms with Crippen molar-refractivity contribution in [2.45, 2.75) is 65.0 Å². The Morgan fingerprint density at radius 2 is 2.00 bits per heavy atom. The van der Waals surface area contributed by atoms with Crippen LogP contribution < -0.4 is 10.1 Å². The molecule has 19 heavy (non-hydrogen) atoms. The van der Waals surface area contributed by atoms with Crippen LogP contribution in [-0.2, 0) is 5.41 Å². The molecule has 1 N–H and O–H groups in total. The number of rotatable bonds is 5. The van der Waals surface area contributed by atoms with Crippen LogP contribution in [0.5, 0.6) is 5.75 Å². The zero-order valence-corrected chi connectivity index (χ0v) is 12.9. The molecule has 1 unspecified atom stereocenters. The molecule has 2 heteroatoms. The number of hydrogen-bond acceptors (Lipinski definition) is 2. The van der Waals surface area contributed by atoms with Crippen molar-refractivity contribution in [3.63, 3.8) is 0 Å². The van der Waals surface area contributed by atoms with Gasteiger partial charge in [0.1, 0.15) is 11.9 Å². The van der Waals surface area contributed by atoms with Gasteiger partial charge in [-0.15, -0.1) is 0 Å². The second-order valence-corrected chi connectivity index (χ2v) is 6.84. The highest BCUT2D eigenvalue weighted by Crippen LogP contribution is 2.28. The third kappa shape index (κ3) is 4.24. The molecule has 1 aromatic carbocycles. The molecule has 0 bridgehead atoms. The quantitative estimate of drug-likeness (QED) is 0.870. The maximum atomic E-state index is 6.03. The third-order valence-corrected chi connectivity index (χ3v) is 3.64. The molecule has 2 rings (SSSR count). The monoisotopic (exact) mass is 261 g/mol. The summed E-state index contributed by atoms with van der Waals surface area (Å²) in [5.74, 6) is 1.01. The molecule has 0 amide bonds. The van der Waals surface area contributed by atoms with Gasteiger partial charge >= 0.3 is 0 Å². The van der Waals surface area contributed by atoms with Crippen LogP contribution in [0, 0.1) is 6.92 Å². The fourth-order valence-electron chi connectivity index (χ4n) is 2.13. The molecule has 1 aliphatic carbocycles. The Balaban J connectivity index is 1.95. The highest BCUT2D eigenvalue weighted by Gasteiger charge is 2.21. The summed E-state index contributed by atoms with van der Waals surface area (Å²) in [6, 6.07) is 7.29. The van der Waals surface area contributed by atoms with E-state index in [0.717, 1.165) is 18.3 Å². The summed E-state index contributed by atoms with van der Waals surface area (Å²) in [6.45, 7) is 11.9. The Bertz CT molecular complexity index is 429. The molecule has 0 saturated heterocycles. The number of aryl methyl sites for hydroxylation is 1. The zero-order chi connectivity index (χ0) is 14.0. The highest BCUT2D eigenvalue weighted by molar-refractivity contribution is 5.38. The predicted molar refractivity (Wildman–Crippen MR) is 81.0 cm³/mol. The van der Waals surface area contributed by atoms with E-state index in [9.17, 15) is 0 Å². The van der Waals surface area contributed by atoms with Crippen LogP contribution in [0.25, 0.3) is 0 Å². The minimum Gasteiger partial charge on any atom is -0.489 e. The molecule has 0 aliphatic heterocycles. The van der Waals surface area contributed by atoms with Gasteiger partial charge in [0, 0.05) is 12.6 Å². The predicted octanol–water partition coefficient (Wildman–Crippen LogP) is 3.81. The number of nitrogens with one attached hydrogen (secondary N) is 1. The van der Waals surface area contributed by atoms with Crippen molar-refractivity contribution in [1.29, 1.82) is 0 Å².